The standard InChI is InChI=1S/C14H18N4O/c1-9(2)14-17-12(15)8-13(18-14)16-10-4-6-11(19-3)7-5-10/h4-9H,1-3H3,(H3,15,16,17,18). The zero-order valence-electron chi connectivity index (χ0n) is 11.3. The summed E-state index contributed by atoms with van der Waals surface area (Å²) in [6.45, 7) is 4.07. The van der Waals surface area contributed by atoms with E-state index in [9.17, 15) is 0 Å². The van der Waals surface area contributed by atoms with Gasteiger partial charge in [-0.2, -0.15) is 0 Å². The summed E-state index contributed by atoms with van der Waals surface area (Å²) in [5, 5.41) is 3.20. The molecule has 0 aliphatic carbocycles. The van der Waals surface area contributed by atoms with Crippen molar-refractivity contribution in [1.29, 1.82) is 0 Å². The highest BCUT2D eigenvalue weighted by molar-refractivity contribution is 5.59. The molecule has 3 N–H and O–H groups in total. The molecule has 2 aromatic rings. The molecule has 0 fully saturated rings. The summed E-state index contributed by atoms with van der Waals surface area (Å²) in [4.78, 5) is 8.65. The average molecular weight is 258 g/mol. The molecule has 0 aliphatic heterocycles. The molecule has 0 unspecified atom stereocenters. The Bertz CT molecular complexity index is 552. The van der Waals surface area contributed by atoms with Crippen LogP contribution in [0.2, 0.25) is 0 Å². The van der Waals surface area contributed by atoms with E-state index in [0.717, 1.165) is 17.3 Å². The van der Waals surface area contributed by atoms with Crippen molar-refractivity contribution in [2.75, 3.05) is 18.2 Å². The lowest BCUT2D eigenvalue weighted by Crippen LogP contribution is -2.04. The zero-order valence-corrected chi connectivity index (χ0v) is 11.3. The number of ether oxygens (including phenoxy) is 1. The van der Waals surface area contributed by atoms with Crippen molar-refractivity contribution in [2.24, 2.45) is 0 Å². The highest BCUT2D eigenvalue weighted by Crippen LogP contribution is 2.21. The smallest absolute Gasteiger partial charge is 0.136 e. The van der Waals surface area contributed by atoms with E-state index in [4.69, 9.17) is 10.5 Å². The van der Waals surface area contributed by atoms with E-state index < -0.39 is 0 Å². The number of benzene rings is 1. The van der Waals surface area contributed by atoms with Gasteiger partial charge in [-0.25, -0.2) is 9.97 Å². The molecule has 0 spiro atoms. The summed E-state index contributed by atoms with van der Waals surface area (Å²) in [7, 11) is 1.64. The summed E-state index contributed by atoms with van der Waals surface area (Å²) in [6.07, 6.45) is 0. The molecule has 1 aromatic carbocycles. The fourth-order valence-corrected chi connectivity index (χ4v) is 1.63. The first-order valence-electron chi connectivity index (χ1n) is 6.14. The number of methoxy groups -OCH3 is 1. The fourth-order valence-electron chi connectivity index (χ4n) is 1.63. The Hall–Kier alpha value is -2.30. The Balaban J connectivity index is 2.22. The van der Waals surface area contributed by atoms with Gasteiger partial charge < -0.3 is 15.8 Å². The number of aromatic nitrogens is 2. The molecule has 2 rings (SSSR count). The van der Waals surface area contributed by atoms with Gasteiger partial charge in [0.05, 0.1) is 7.11 Å². The van der Waals surface area contributed by atoms with Crippen molar-refractivity contribution < 1.29 is 4.74 Å². The third-order valence-corrected chi connectivity index (χ3v) is 2.64. The molecule has 0 atom stereocenters. The van der Waals surface area contributed by atoms with Crippen molar-refractivity contribution in [3.63, 3.8) is 0 Å². The Morgan fingerprint density at radius 3 is 2.42 bits per heavy atom. The number of hydrogen-bond donors (Lipinski definition) is 2. The molecule has 0 saturated carbocycles. The average Bonchev–Trinajstić information content (AvgIpc) is 2.39. The largest absolute Gasteiger partial charge is 0.497 e. The Morgan fingerprint density at radius 2 is 1.84 bits per heavy atom. The lowest BCUT2D eigenvalue weighted by Gasteiger charge is -2.10. The number of nitrogens with zero attached hydrogens (tertiary/aromatic N) is 2. The first-order valence-corrected chi connectivity index (χ1v) is 6.14. The Labute approximate surface area is 112 Å². The number of rotatable bonds is 4. The van der Waals surface area contributed by atoms with Gasteiger partial charge >= 0.3 is 0 Å². The van der Waals surface area contributed by atoms with Crippen LogP contribution in [0, 0.1) is 0 Å². The monoisotopic (exact) mass is 258 g/mol. The third kappa shape index (κ3) is 3.34. The molecule has 5 nitrogen and oxygen atoms in total. The minimum absolute atomic E-state index is 0.236. The van der Waals surface area contributed by atoms with E-state index in [-0.39, 0.29) is 5.92 Å². The van der Waals surface area contributed by atoms with Crippen molar-refractivity contribution in [2.45, 2.75) is 19.8 Å². The zero-order chi connectivity index (χ0) is 13.8. The van der Waals surface area contributed by atoms with Crippen molar-refractivity contribution >= 4 is 17.3 Å². The summed E-state index contributed by atoms with van der Waals surface area (Å²) in [6, 6.07) is 9.33. The van der Waals surface area contributed by atoms with Crippen LogP contribution in [0.4, 0.5) is 17.3 Å². The summed E-state index contributed by atoms with van der Waals surface area (Å²) in [5.74, 6) is 2.95. The van der Waals surface area contributed by atoms with Gasteiger partial charge in [0.15, 0.2) is 0 Å². The maximum Gasteiger partial charge on any atom is 0.136 e. The third-order valence-electron chi connectivity index (χ3n) is 2.64. The second-order valence-corrected chi connectivity index (χ2v) is 4.54. The highest BCUT2D eigenvalue weighted by Gasteiger charge is 2.06. The SMILES string of the molecule is COc1ccc(Nc2cc(N)nc(C(C)C)n2)cc1. The van der Waals surface area contributed by atoms with Crippen LogP contribution < -0.4 is 15.8 Å². The van der Waals surface area contributed by atoms with Gasteiger partial charge in [-0.3, -0.25) is 0 Å². The molecule has 100 valence electrons. The van der Waals surface area contributed by atoms with Crippen LogP contribution in [-0.2, 0) is 0 Å². The molecular weight excluding hydrogens is 240 g/mol. The molecule has 5 heteroatoms. The second-order valence-electron chi connectivity index (χ2n) is 4.54. The number of hydrogen-bond acceptors (Lipinski definition) is 5. The predicted octanol–water partition coefficient (Wildman–Crippen LogP) is 2.93. The van der Waals surface area contributed by atoms with Crippen molar-refractivity contribution in [3.8, 4) is 5.75 Å². The van der Waals surface area contributed by atoms with Gasteiger partial charge in [-0.05, 0) is 24.3 Å². The Morgan fingerprint density at radius 1 is 1.16 bits per heavy atom. The van der Waals surface area contributed by atoms with Crippen LogP contribution in [-0.4, -0.2) is 17.1 Å². The van der Waals surface area contributed by atoms with Crippen molar-refractivity contribution in [1.82, 2.24) is 9.97 Å². The molecule has 0 amide bonds. The molecular formula is C14H18N4O. The minimum Gasteiger partial charge on any atom is -0.497 e. The second kappa shape index (κ2) is 5.56. The van der Waals surface area contributed by atoms with E-state index in [1.54, 1.807) is 13.2 Å². The van der Waals surface area contributed by atoms with Gasteiger partial charge in [0.2, 0.25) is 0 Å². The minimum atomic E-state index is 0.236. The molecule has 19 heavy (non-hydrogen) atoms. The number of anilines is 3. The maximum absolute atomic E-state index is 5.79. The Kier molecular flexibility index (Phi) is 3.85. The predicted molar refractivity (Wildman–Crippen MR) is 76.8 cm³/mol. The maximum atomic E-state index is 5.79. The molecule has 0 aliphatic rings. The van der Waals surface area contributed by atoms with Crippen LogP contribution in [0.1, 0.15) is 25.6 Å². The number of nitrogen functional groups attached to an aromatic ring is 1. The molecule has 1 heterocycles. The summed E-state index contributed by atoms with van der Waals surface area (Å²) >= 11 is 0. The van der Waals surface area contributed by atoms with Crippen LogP contribution in [0.3, 0.4) is 0 Å². The van der Waals surface area contributed by atoms with Gasteiger partial charge in [-0.15, -0.1) is 0 Å². The van der Waals surface area contributed by atoms with E-state index in [1.165, 1.54) is 0 Å². The normalized spacial score (nSPS) is 10.5. The van der Waals surface area contributed by atoms with E-state index in [2.05, 4.69) is 15.3 Å². The first-order chi connectivity index (χ1) is 9.08. The van der Waals surface area contributed by atoms with Gasteiger partial charge in [0, 0.05) is 17.7 Å². The molecule has 1 aromatic heterocycles. The van der Waals surface area contributed by atoms with E-state index in [1.807, 2.05) is 38.1 Å². The lowest BCUT2D eigenvalue weighted by atomic mass is 10.2. The molecule has 0 saturated heterocycles. The van der Waals surface area contributed by atoms with Gasteiger partial charge in [-0.1, -0.05) is 13.8 Å². The highest BCUT2D eigenvalue weighted by atomic mass is 16.5. The van der Waals surface area contributed by atoms with E-state index in [0.29, 0.717) is 11.6 Å². The number of nitrogens with two attached hydrogens (primary N) is 1. The van der Waals surface area contributed by atoms with Gasteiger partial charge in [0.25, 0.3) is 0 Å². The van der Waals surface area contributed by atoms with Crippen LogP contribution >= 0.6 is 0 Å². The number of nitrogens with one attached hydrogen (secondary N) is 1. The molecule has 0 radical (unpaired) electrons. The van der Waals surface area contributed by atoms with Crippen LogP contribution in [0.15, 0.2) is 30.3 Å². The summed E-state index contributed by atoms with van der Waals surface area (Å²) in [5.41, 5.74) is 6.71. The molecule has 0 bridgehead atoms. The fraction of sp³-hybridized carbons (Fsp3) is 0.286. The topological polar surface area (TPSA) is 73.1 Å². The van der Waals surface area contributed by atoms with Gasteiger partial charge in [0.1, 0.15) is 23.2 Å². The van der Waals surface area contributed by atoms with Crippen molar-refractivity contribution in [3.05, 3.63) is 36.2 Å². The summed E-state index contributed by atoms with van der Waals surface area (Å²) < 4.78 is 5.12. The van der Waals surface area contributed by atoms with E-state index >= 15 is 0 Å². The van der Waals surface area contributed by atoms with Crippen LogP contribution in [0.25, 0.3) is 0 Å². The lowest BCUT2D eigenvalue weighted by molar-refractivity contribution is 0.415. The first kappa shape index (κ1) is 13.1. The quantitative estimate of drug-likeness (QED) is 0.882. The van der Waals surface area contributed by atoms with Crippen LogP contribution in [0.5, 0.6) is 5.75 Å².